The second-order valence-corrected chi connectivity index (χ2v) is 4.08. The highest BCUT2D eigenvalue weighted by molar-refractivity contribution is 8.00. The van der Waals surface area contributed by atoms with E-state index < -0.39 is 0 Å². The van der Waals surface area contributed by atoms with E-state index in [1.54, 1.807) is 0 Å². The van der Waals surface area contributed by atoms with Crippen LogP contribution in [-0.4, -0.2) is 12.5 Å². The summed E-state index contributed by atoms with van der Waals surface area (Å²) in [4.78, 5) is 1.34. The first-order chi connectivity index (χ1) is 6.79. The molecule has 0 saturated heterocycles. The third-order valence-corrected chi connectivity index (χ3v) is 3.11. The van der Waals surface area contributed by atoms with Gasteiger partial charge in [0, 0.05) is 10.6 Å². The Morgan fingerprint density at radius 1 is 1.36 bits per heavy atom. The van der Waals surface area contributed by atoms with Crippen LogP contribution >= 0.6 is 11.8 Å². The molecule has 0 aliphatic carbocycles. The molecule has 1 aliphatic rings. The summed E-state index contributed by atoms with van der Waals surface area (Å²) >= 11 is 1.83. The molecule has 1 unspecified atom stereocenters. The van der Waals surface area contributed by atoms with Gasteiger partial charge in [-0.3, -0.25) is 5.32 Å². The van der Waals surface area contributed by atoms with E-state index in [4.69, 9.17) is 0 Å². The van der Waals surface area contributed by atoms with Crippen molar-refractivity contribution in [2.45, 2.75) is 31.2 Å². The van der Waals surface area contributed by atoms with Crippen LogP contribution in [0.1, 0.15) is 19.4 Å². The maximum Gasteiger partial charge on any atom is 0.130 e. The summed E-state index contributed by atoms with van der Waals surface area (Å²) in [5.41, 5.74) is 2.89. The fourth-order valence-electron chi connectivity index (χ4n) is 1.28. The Hall–Kier alpha value is -0.670. The molecule has 1 heterocycles. The van der Waals surface area contributed by atoms with E-state index in [0.29, 0.717) is 5.50 Å². The summed E-state index contributed by atoms with van der Waals surface area (Å²) in [7, 11) is 1.96. The number of hydrogen-bond acceptors (Lipinski definition) is 3. The van der Waals surface area contributed by atoms with Gasteiger partial charge in [-0.2, -0.15) is 0 Å². The second kappa shape index (κ2) is 5.27. The van der Waals surface area contributed by atoms with Crippen molar-refractivity contribution in [3.05, 3.63) is 23.8 Å². The number of anilines is 1. The van der Waals surface area contributed by atoms with Crippen LogP contribution in [0.3, 0.4) is 0 Å². The molecule has 1 aliphatic heterocycles. The van der Waals surface area contributed by atoms with Gasteiger partial charge in [0.15, 0.2) is 0 Å². The molecule has 0 bridgehead atoms. The monoisotopic (exact) mass is 210 g/mol. The third-order valence-electron chi connectivity index (χ3n) is 1.93. The molecule has 0 saturated carbocycles. The number of nitrogens with one attached hydrogen (secondary N) is 2. The van der Waals surface area contributed by atoms with Gasteiger partial charge in [-0.1, -0.05) is 31.7 Å². The molecule has 1 aromatic rings. The molecular weight excluding hydrogens is 192 g/mol. The van der Waals surface area contributed by atoms with Crippen LogP contribution in [0.15, 0.2) is 23.1 Å². The zero-order valence-electron chi connectivity index (χ0n) is 9.22. The lowest BCUT2D eigenvalue weighted by Crippen LogP contribution is -2.25. The molecule has 0 amide bonds. The van der Waals surface area contributed by atoms with Gasteiger partial charge < -0.3 is 5.32 Å². The van der Waals surface area contributed by atoms with Gasteiger partial charge >= 0.3 is 0 Å². The van der Waals surface area contributed by atoms with Crippen LogP contribution in [0.4, 0.5) is 5.69 Å². The lowest BCUT2D eigenvalue weighted by Gasteiger charge is -2.06. The van der Waals surface area contributed by atoms with E-state index in [0.717, 1.165) is 0 Å². The maximum atomic E-state index is 3.36. The van der Waals surface area contributed by atoms with Gasteiger partial charge in [-0.15, -0.1) is 0 Å². The van der Waals surface area contributed by atoms with E-state index in [1.807, 2.05) is 32.7 Å². The smallest absolute Gasteiger partial charge is 0.130 e. The van der Waals surface area contributed by atoms with Crippen LogP contribution in [0.2, 0.25) is 0 Å². The Bertz CT molecular complexity index is 299. The van der Waals surface area contributed by atoms with Crippen LogP contribution in [0.5, 0.6) is 0 Å². The Kier molecular flexibility index (Phi) is 4.29. The maximum absolute atomic E-state index is 3.36. The highest BCUT2D eigenvalue weighted by atomic mass is 32.2. The van der Waals surface area contributed by atoms with Gasteiger partial charge in [0.25, 0.3) is 0 Å². The topological polar surface area (TPSA) is 24.1 Å². The molecule has 1 atom stereocenters. The minimum atomic E-state index is 0.335. The molecule has 0 aromatic heterocycles. The van der Waals surface area contributed by atoms with E-state index in [1.165, 1.54) is 16.1 Å². The number of thioether (sulfide) groups is 1. The summed E-state index contributed by atoms with van der Waals surface area (Å²) in [6, 6.07) is 6.48. The Morgan fingerprint density at radius 2 is 2.07 bits per heavy atom. The SMILES string of the molecule is CC.CNC1Nc2ccc(C)cc2S1. The fraction of sp³-hybridized carbons (Fsp3) is 0.455. The number of rotatable bonds is 1. The van der Waals surface area contributed by atoms with Gasteiger partial charge in [-0.25, -0.2) is 0 Å². The van der Waals surface area contributed by atoms with Gasteiger partial charge in [0.05, 0.1) is 0 Å². The summed E-state index contributed by atoms with van der Waals surface area (Å²) in [6.45, 7) is 6.12. The molecule has 14 heavy (non-hydrogen) atoms. The molecule has 2 N–H and O–H groups in total. The largest absolute Gasteiger partial charge is 0.360 e. The van der Waals surface area contributed by atoms with E-state index in [-0.39, 0.29) is 0 Å². The second-order valence-electron chi connectivity index (χ2n) is 2.93. The first kappa shape index (κ1) is 11.4. The first-order valence-corrected chi connectivity index (χ1v) is 5.88. The molecule has 0 radical (unpaired) electrons. The molecule has 3 heteroatoms. The average molecular weight is 210 g/mol. The fourth-order valence-corrected chi connectivity index (χ4v) is 2.34. The third kappa shape index (κ3) is 2.42. The number of aryl methyl sites for hydroxylation is 1. The average Bonchev–Trinajstić information content (AvgIpc) is 2.62. The van der Waals surface area contributed by atoms with Gasteiger partial charge in [-0.05, 0) is 31.7 Å². The van der Waals surface area contributed by atoms with Gasteiger partial charge in [0.2, 0.25) is 0 Å². The zero-order valence-corrected chi connectivity index (χ0v) is 10.0. The highest BCUT2D eigenvalue weighted by Gasteiger charge is 2.18. The van der Waals surface area contributed by atoms with Crippen molar-refractivity contribution in [3.8, 4) is 0 Å². The van der Waals surface area contributed by atoms with Crippen LogP contribution in [-0.2, 0) is 0 Å². The molecule has 2 nitrogen and oxygen atoms in total. The number of hydrogen-bond donors (Lipinski definition) is 2. The first-order valence-electron chi connectivity index (χ1n) is 5.01. The summed E-state index contributed by atoms with van der Waals surface area (Å²) < 4.78 is 0. The molecule has 0 spiro atoms. The molecular formula is C11H18N2S. The number of benzene rings is 1. The quantitative estimate of drug-likeness (QED) is 0.745. The Balaban J connectivity index is 0.000000461. The lowest BCUT2D eigenvalue weighted by atomic mass is 10.2. The van der Waals surface area contributed by atoms with Crippen molar-refractivity contribution in [1.82, 2.24) is 5.32 Å². The molecule has 0 fully saturated rings. The number of fused-ring (bicyclic) bond motifs is 1. The highest BCUT2D eigenvalue weighted by Crippen LogP contribution is 2.37. The van der Waals surface area contributed by atoms with Crippen molar-refractivity contribution in [2.24, 2.45) is 0 Å². The van der Waals surface area contributed by atoms with Crippen LogP contribution < -0.4 is 10.6 Å². The van der Waals surface area contributed by atoms with Crippen molar-refractivity contribution in [2.75, 3.05) is 12.4 Å². The molecule has 78 valence electrons. The van der Waals surface area contributed by atoms with Gasteiger partial charge in [0.1, 0.15) is 5.50 Å². The normalized spacial score (nSPS) is 17.9. The Morgan fingerprint density at radius 3 is 2.71 bits per heavy atom. The van der Waals surface area contributed by atoms with Crippen molar-refractivity contribution < 1.29 is 0 Å². The Labute approximate surface area is 90.5 Å². The van der Waals surface area contributed by atoms with Crippen molar-refractivity contribution in [1.29, 1.82) is 0 Å². The zero-order chi connectivity index (χ0) is 10.6. The van der Waals surface area contributed by atoms with Crippen molar-refractivity contribution >= 4 is 17.4 Å². The predicted octanol–water partition coefficient (Wildman–Crippen LogP) is 3.04. The summed E-state index contributed by atoms with van der Waals surface area (Å²) in [6.07, 6.45) is 0. The van der Waals surface area contributed by atoms with Crippen LogP contribution in [0, 0.1) is 6.92 Å². The molecule has 2 rings (SSSR count). The lowest BCUT2D eigenvalue weighted by molar-refractivity contribution is 0.828. The predicted molar refractivity (Wildman–Crippen MR) is 64.9 cm³/mol. The summed E-state index contributed by atoms with van der Waals surface area (Å²) in [5.74, 6) is 0. The minimum Gasteiger partial charge on any atom is -0.360 e. The van der Waals surface area contributed by atoms with Crippen molar-refractivity contribution in [3.63, 3.8) is 0 Å². The van der Waals surface area contributed by atoms with Crippen LogP contribution in [0.25, 0.3) is 0 Å². The summed E-state index contributed by atoms with van der Waals surface area (Å²) in [5, 5.41) is 6.55. The standard InChI is InChI=1S/C9H12N2S.C2H6/c1-6-3-4-7-8(5-6)12-9(10-2)11-7;1-2/h3-5,9-11H,1-2H3;1-2H3. The van der Waals surface area contributed by atoms with E-state index >= 15 is 0 Å². The minimum absolute atomic E-state index is 0.335. The molecule has 1 aromatic carbocycles. The van der Waals surface area contributed by atoms with E-state index in [2.05, 4.69) is 35.8 Å². The van der Waals surface area contributed by atoms with E-state index in [9.17, 15) is 0 Å².